The normalized spacial score (nSPS) is 14.4. The van der Waals surface area contributed by atoms with Crippen LogP contribution in [0.15, 0.2) is 104 Å². The maximum absolute atomic E-state index is 13.3. The summed E-state index contributed by atoms with van der Waals surface area (Å²) in [6, 6.07) is 29.1. The molecule has 5 nitrogen and oxygen atoms in total. The summed E-state index contributed by atoms with van der Waals surface area (Å²) < 4.78 is 0. The van der Waals surface area contributed by atoms with E-state index in [1.54, 1.807) is 0 Å². The molecule has 36 heavy (non-hydrogen) atoms. The van der Waals surface area contributed by atoms with Gasteiger partial charge in [0.15, 0.2) is 0 Å². The lowest BCUT2D eigenvalue weighted by atomic mass is 9.65. The van der Waals surface area contributed by atoms with E-state index in [4.69, 9.17) is 0 Å². The van der Waals surface area contributed by atoms with E-state index in [1.807, 2.05) is 112 Å². The maximum Gasteiger partial charge on any atom is 0.324 e. The zero-order valence-corrected chi connectivity index (χ0v) is 21.1. The zero-order valence-electron chi connectivity index (χ0n) is 21.1. The number of allylic oxidation sites excluding steroid dienone is 1. The molecule has 0 fully saturated rings. The lowest BCUT2D eigenvalue weighted by Crippen LogP contribution is -2.68. The van der Waals surface area contributed by atoms with Gasteiger partial charge in [-0.15, -0.1) is 6.58 Å². The topological polar surface area (TPSA) is 86.6 Å². The molecule has 3 aromatic rings. The standard InChI is InChI=1S/C31H35NO4/c1-5-15-23(27(33)34)22-30(28(35)36,29(2,3)4)32-31(24-16-9-6-10-17-24,25-18-11-7-12-19-25)26-20-13-8-14-21-26/h5-14,16-21,23,32H,1,15,22H2,2-4H3,(H,33,34)(H,35,36)/t23?,30-/m1/s1. The van der Waals surface area contributed by atoms with Crippen LogP contribution in [0.1, 0.15) is 50.3 Å². The highest BCUT2D eigenvalue weighted by atomic mass is 16.4. The van der Waals surface area contributed by atoms with E-state index < -0.39 is 34.3 Å². The molecule has 0 saturated carbocycles. The van der Waals surface area contributed by atoms with Crippen molar-refractivity contribution in [3.8, 4) is 0 Å². The summed E-state index contributed by atoms with van der Waals surface area (Å²) in [5.41, 5.74) is -1.00. The summed E-state index contributed by atoms with van der Waals surface area (Å²) in [6.45, 7) is 9.23. The number of carbonyl (C=O) groups is 2. The number of rotatable bonds is 11. The molecule has 5 heteroatoms. The highest BCUT2D eigenvalue weighted by molar-refractivity contribution is 5.82. The molecule has 0 aliphatic rings. The Kier molecular flexibility index (Phi) is 8.16. The van der Waals surface area contributed by atoms with Crippen molar-refractivity contribution in [3.63, 3.8) is 0 Å². The average molecular weight is 486 g/mol. The fourth-order valence-electron chi connectivity index (χ4n) is 4.95. The number of nitrogens with one attached hydrogen (secondary N) is 1. The predicted molar refractivity (Wildman–Crippen MR) is 143 cm³/mol. The average Bonchev–Trinajstić information content (AvgIpc) is 2.86. The first-order chi connectivity index (χ1) is 17.1. The van der Waals surface area contributed by atoms with Crippen molar-refractivity contribution in [1.29, 1.82) is 0 Å². The van der Waals surface area contributed by atoms with Crippen LogP contribution in [0.2, 0.25) is 0 Å². The van der Waals surface area contributed by atoms with Crippen LogP contribution in [0.25, 0.3) is 0 Å². The van der Waals surface area contributed by atoms with Crippen molar-refractivity contribution in [3.05, 3.63) is 120 Å². The van der Waals surface area contributed by atoms with Gasteiger partial charge < -0.3 is 10.2 Å². The summed E-state index contributed by atoms with van der Waals surface area (Å²) in [7, 11) is 0. The molecule has 1 unspecified atom stereocenters. The van der Waals surface area contributed by atoms with Crippen LogP contribution in [0.4, 0.5) is 0 Å². The number of hydrogen-bond acceptors (Lipinski definition) is 3. The van der Waals surface area contributed by atoms with Gasteiger partial charge in [-0.2, -0.15) is 0 Å². The molecule has 188 valence electrons. The zero-order chi connectivity index (χ0) is 26.4. The third-order valence-corrected chi connectivity index (χ3v) is 7.02. The monoisotopic (exact) mass is 485 g/mol. The Balaban J connectivity index is 2.41. The number of aliphatic carboxylic acids is 2. The molecule has 0 amide bonds. The predicted octanol–water partition coefficient (Wildman–Crippen LogP) is 6.10. The van der Waals surface area contributed by atoms with Gasteiger partial charge in [0.2, 0.25) is 0 Å². The van der Waals surface area contributed by atoms with Crippen LogP contribution in [0.5, 0.6) is 0 Å². The van der Waals surface area contributed by atoms with Gasteiger partial charge in [0, 0.05) is 0 Å². The quantitative estimate of drug-likeness (QED) is 0.225. The fourth-order valence-corrected chi connectivity index (χ4v) is 4.95. The Morgan fingerprint density at radius 2 is 1.19 bits per heavy atom. The van der Waals surface area contributed by atoms with Gasteiger partial charge in [0.1, 0.15) is 5.54 Å². The molecule has 0 aliphatic carbocycles. The molecular formula is C31H35NO4. The minimum atomic E-state index is -1.62. The van der Waals surface area contributed by atoms with E-state index in [2.05, 4.69) is 11.9 Å². The SMILES string of the molecule is C=CCC(C[C@@](NC(c1ccccc1)(c1ccccc1)c1ccccc1)(C(=O)O)C(C)(C)C)C(=O)O. The molecule has 2 atom stereocenters. The first-order valence-electron chi connectivity index (χ1n) is 12.1. The van der Waals surface area contributed by atoms with Gasteiger partial charge >= 0.3 is 11.9 Å². The summed E-state index contributed by atoms with van der Waals surface area (Å²) in [5.74, 6) is -3.07. The van der Waals surface area contributed by atoms with E-state index in [9.17, 15) is 19.8 Å². The summed E-state index contributed by atoms with van der Waals surface area (Å²) in [6.07, 6.45) is 1.57. The summed E-state index contributed by atoms with van der Waals surface area (Å²) in [4.78, 5) is 25.5. The largest absolute Gasteiger partial charge is 0.481 e. The first-order valence-corrected chi connectivity index (χ1v) is 12.1. The lowest BCUT2D eigenvalue weighted by Gasteiger charge is -2.50. The third-order valence-electron chi connectivity index (χ3n) is 7.02. The van der Waals surface area contributed by atoms with Crippen molar-refractivity contribution in [2.45, 2.75) is 44.7 Å². The summed E-state index contributed by atoms with van der Waals surface area (Å²) >= 11 is 0. The van der Waals surface area contributed by atoms with E-state index in [-0.39, 0.29) is 12.8 Å². The second-order valence-electron chi connectivity index (χ2n) is 10.2. The molecule has 0 bridgehead atoms. The Bertz CT molecular complexity index is 1070. The van der Waals surface area contributed by atoms with E-state index in [1.165, 1.54) is 6.08 Å². The number of benzene rings is 3. The van der Waals surface area contributed by atoms with Crippen LogP contribution < -0.4 is 5.32 Å². The smallest absolute Gasteiger partial charge is 0.324 e. The van der Waals surface area contributed by atoms with E-state index in [0.717, 1.165) is 16.7 Å². The molecule has 0 heterocycles. The minimum Gasteiger partial charge on any atom is -0.481 e. The summed E-state index contributed by atoms with van der Waals surface area (Å²) in [5, 5.41) is 24.5. The van der Waals surface area contributed by atoms with Gasteiger partial charge in [-0.05, 0) is 34.9 Å². The lowest BCUT2D eigenvalue weighted by molar-refractivity contribution is -0.155. The van der Waals surface area contributed by atoms with E-state index in [0.29, 0.717) is 0 Å². The molecule has 3 N–H and O–H groups in total. The molecule has 0 spiro atoms. The molecule has 3 aromatic carbocycles. The molecular weight excluding hydrogens is 450 g/mol. The molecule has 0 aromatic heterocycles. The van der Waals surface area contributed by atoms with Crippen molar-refractivity contribution in [1.82, 2.24) is 5.32 Å². The molecule has 0 saturated heterocycles. The van der Waals surface area contributed by atoms with Crippen LogP contribution in [0.3, 0.4) is 0 Å². The first kappa shape index (κ1) is 26.9. The van der Waals surface area contributed by atoms with Gasteiger partial charge in [-0.1, -0.05) is 118 Å². The molecule has 0 aliphatic heterocycles. The Morgan fingerprint density at radius 1 is 0.806 bits per heavy atom. The number of carboxylic acids is 2. The van der Waals surface area contributed by atoms with Crippen LogP contribution in [-0.2, 0) is 15.1 Å². The molecule has 0 radical (unpaired) electrons. The third kappa shape index (κ3) is 5.12. The van der Waals surface area contributed by atoms with Crippen LogP contribution in [-0.4, -0.2) is 27.7 Å². The second-order valence-corrected chi connectivity index (χ2v) is 10.2. The highest BCUT2D eigenvalue weighted by Crippen LogP contribution is 2.45. The van der Waals surface area contributed by atoms with E-state index >= 15 is 0 Å². The van der Waals surface area contributed by atoms with Crippen LogP contribution in [0, 0.1) is 11.3 Å². The van der Waals surface area contributed by atoms with Gasteiger partial charge in [0.25, 0.3) is 0 Å². The number of hydrogen-bond donors (Lipinski definition) is 3. The van der Waals surface area contributed by atoms with Gasteiger partial charge in [0.05, 0.1) is 11.5 Å². The Hall–Kier alpha value is -3.70. The van der Waals surface area contributed by atoms with Gasteiger partial charge in [-0.25, -0.2) is 0 Å². The fraction of sp³-hybridized carbons (Fsp3) is 0.290. The van der Waals surface area contributed by atoms with Gasteiger partial charge in [-0.3, -0.25) is 14.9 Å². The van der Waals surface area contributed by atoms with Crippen molar-refractivity contribution in [2.75, 3.05) is 0 Å². The second kappa shape index (κ2) is 10.9. The minimum absolute atomic E-state index is 0.124. The Labute approximate surface area is 213 Å². The maximum atomic E-state index is 13.3. The number of carboxylic acid groups (broad SMARTS) is 2. The van der Waals surface area contributed by atoms with Crippen molar-refractivity contribution in [2.24, 2.45) is 11.3 Å². The highest BCUT2D eigenvalue weighted by Gasteiger charge is 2.55. The Morgan fingerprint density at radius 3 is 1.47 bits per heavy atom. The molecule has 3 rings (SSSR count). The van der Waals surface area contributed by atoms with Crippen LogP contribution >= 0.6 is 0 Å². The van der Waals surface area contributed by atoms with Crippen molar-refractivity contribution < 1.29 is 19.8 Å². The van der Waals surface area contributed by atoms with Crippen molar-refractivity contribution >= 4 is 11.9 Å².